The molecule has 2 rings (SSSR count). The summed E-state index contributed by atoms with van der Waals surface area (Å²) >= 11 is 6.21. The van der Waals surface area contributed by atoms with Gasteiger partial charge in [0.25, 0.3) is 0 Å². The summed E-state index contributed by atoms with van der Waals surface area (Å²) in [6.07, 6.45) is 4.18. The van der Waals surface area contributed by atoms with E-state index in [2.05, 4.69) is 16.3 Å². The average molecular weight is 322 g/mol. The molecule has 0 spiro atoms. The molecular formula is C17H24ClN3O. The molecule has 3 N–H and O–H groups in total. The predicted molar refractivity (Wildman–Crippen MR) is 90.8 cm³/mol. The smallest absolute Gasteiger partial charge is 0.243 e. The number of nitrogens with one attached hydrogen (secondary N) is 1. The minimum atomic E-state index is -0.465. The first-order valence-corrected chi connectivity index (χ1v) is 7.97. The third kappa shape index (κ3) is 5.13. The molecule has 1 heterocycles. The number of rotatable bonds is 5. The maximum Gasteiger partial charge on any atom is 0.243 e. The first-order valence-electron chi connectivity index (χ1n) is 7.60. The van der Waals surface area contributed by atoms with E-state index in [1.54, 1.807) is 6.08 Å². The van der Waals surface area contributed by atoms with Crippen LogP contribution in [0.25, 0.3) is 0 Å². The van der Waals surface area contributed by atoms with Crippen LogP contribution in [0.1, 0.15) is 25.0 Å². The number of nitrogens with zero attached hydrogens (tertiary/aromatic N) is 1. The molecule has 1 aliphatic heterocycles. The van der Waals surface area contributed by atoms with Gasteiger partial charge in [0.05, 0.1) is 0 Å². The molecule has 4 nitrogen and oxygen atoms in total. The van der Waals surface area contributed by atoms with E-state index in [-0.39, 0.29) is 5.91 Å². The van der Waals surface area contributed by atoms with Crippen molar-refractivity contribution in [1.29, 1.82) is 0 Å². The zero-order chi connectivity index (χ0) is 16.2. The molecule has 1 aromatic carbocycles. The van der Waals surface area contributed by atoms with Gasteiger partial charge in [0.2, 0.25) is 5.91 Å². The molecule has 1 amide bonds. The van der Waals surface area contributed by atoms with E-state index < -0.39 is 5.54 Å². The fourth-order valence-corrected chi connectivity index (χ4v) is 2.79. The molecule has 5 heteroatoms. The lowest BCUT2D eigenvalue weighted by molar-refractivity contribution is -0.116. The van der Waals surface area contributed by atoms with Crippen LogP contribution in [0.3, 0.4) is 0 Å². The van der Waals surface area contributed by atoms with E-state index in [4.69, 9.17) is 17.3 Å². The molecule has 0 unspecified atom stereocenters. The minimum absolute atomic E-state index is 0.0982. The van der Waals surface area contributed by atoms with Gasteiger partial charge in [0.15, 0.2) is 0 Å². The first-order chi connectivity index (χ1) is 10.3. The number of carbonyl (C=O) groups is 1. The van der Waals surface area contributed by atoms with Gasteiger partial charge in [-0.25, -0.2) is 0 Å². The monoisotopic (exact) mass is 321 g/mol. The van der Waals surface area contributed by atoms with Crippen LogP contribution in [0, 0.1) is 0 Å². The van der Waals surface area contributed by atoms with Crippen LogP contribution < -0.4 is 11.1 Å². The molecule has 120 valence electrons. The van der Waals surface area contributed by atoms with E-state index in [9.17, 15) is 4.79 Å². The van der Waals surface area contributed by atoms with Crippen LogP contribution in [-0.4, -0.2) is 36.0 Å². The Morgan fingerprint density at radius 2 is 2.27 bits per heavy atom. The highest BCUT2D eigenvalue weighted by atomic mass is 35.5. The minimum Gasteiger partial charge on any atom is -0.351 e. The zero-order valence-corrected chi connectivity index (χ0v) is 14.0. The largest absolute Gasteiger partial charge is 0.351 e. The van der Waals surface area contributed by atoms with Crippen LogP contribution in [0.4, 0.5) is 0 Å². The van der Waals surface area contributed by atoms with Crippen LogP contribution in [0.2, 0.25) is 5.02 Å². The van der Waals surface area contributed by atoms with Crippen molar-refractivity contribution in [3.63, 3.8) is 0 Å². The number of hydrogen-bond acceptors (Lipinski definition) is 3. The third-order valence-electron chi connectivity index (χ3n) is 3.68. The van der Waals surface area contributed by atoms with Crippen molar-refractivity contribution < 1.29 is 4.79 Å². The van der Waals surface area contributed by atoms with Gasteiger partial charge in [-0.15, -0.1) is 0 Å². The molecule has 0 radical (unpaired) electrons. The van der Waals surface area contributed by atoms with Crippen LogP contribution in [-0.2, 0) is 17.8 Å². The molecule has 0 saturated carbocycles. The number of halogens is 1. The fraction of sp³-hybridized carbons (Fsp3) is 0.471. The topological polar surface area (TPSA) is 58.4 Å². The highest BCUT2D eigenvalue weighted by Gasteiger charge is 2.17. The van der Waals surface area contributed by atoms with E-state index in [1.807, 2.05) is 26.0 Å². The second kappa shape index (κ2) is 7.27. The molecule has 1 aromatic rings. The Labute approximate surface area is 137 Å². The molecule has 0 saturated heterocycles. The molecule has 0 bridgehead atoms. The quantitative estimate of drug-likeness (QED) is 0.817. The zero-order valence-electron chi connectivity index (χ0n) is 13.2. The molecule has 0 atom stereocenters. The summed E-state index contributed by atoms with van der Waals surface area (Å²) < 4.78 is 0. The van der Waals surface area contributed by atoms with Gasteiger partial charge in [-0.3, -0.25) is 9.69 Å². The van der Waals surface area contributed by atoms with Gasteiger partial charge < -0.3 is 11.1 Å². The van der Waals surface area contributed by atoms with E-state index in [1.165, 1.54) is 17.2 Å². The first kappa shape index (κ1) is 17.0. The van der Waals surface area contributed by atoms with Crippen LogP contribution in [0.15, 0.2) is 30.4 Å². The number of hydrogen-bond donors (Lipinski definition) is 2. The lowest BCUT2D eigenvalue weighted by Crippen LogP contribution is -2.37. The van der Waals surface area contributed by atoms with Crippen molar-refractivity contribution in [3.8, 4) is 0 Å². The summed E-state index contributed by atoms with van der Waals surface area (Å²) in [7, 11) is 0. The second-order valence-corrected chi connectivity index (χ2v) is 6.76. The summed E-state index contributed by atoms with van der Waals surface area (Å²) in [6.45, 7) is 7.03. The van der Waals surface area contributed by atoms with Crippen LogP contribution >= 0.6 is 11.6 Å². The SMILES string of the molecule is CC(C)(N)/C=C/C(=O)NCCN1CCc2c(Cl)cccc2C1. The van der Waals surface area contributed by atoms with Gasteiger partial charge in [-0.05, 0) is 37.5 Å². The number of nitrogens with two attached hydrogens (primary N) is 1. The Kier molecular flexibility index (Phi) is 5.62. The van der Waals surface area contributed by atoms with Crippen molar-refractivity contribution in [1.82, 2.24) is 10.2 Å². The Hall–Kier alpha value is -1.36. The Morgan fingerprint density at radius 3 is 3.00 bits per heavy atom. The highest BCUT2D eigenvalue weighted by Crippen LogP contribution is 2.25. The summed E-state index contributed by atoms with van der Waals surface area (Å²) in [4.78, 5) is 14.0. The van der Waals surface area contributed by atoms with E-state index >= 15 is 0 Å². The number of benzene rings is 1. The van der Waals surface area contributed by atoms with Crippen molar-refractivity contribution in [2.75, 3.05) is 19.6 Å². The Bertz CT molecular complexity index is 564. The second-order valence-electron chi connectivity index (χ2n) is 6.35. The van der Waals surface area contributed by atoms with Gasteiger partial charge in [-0.1, -0.05) is 29.8 Å². The van der Waals surface area contributed by atoms with Crippen molar-refractivity contribution in [3.05, 3.63) is 46.5 Å². The summed E-state index contributed by atoms with van der Waals surface area (Å²) in [6, 6.07) is 6.06. The fourth-order valence-electron chi connectivity index (χ4n) is 2.50. The Balaban J connectivity index is 1.77. The normalized spacial score (nSPS) is 15.8. The molecular weight excluding hydrogens is 298 g/mol. The summed E-state index contributed by atoms with van der Waals surface area (Å²) in [5, 5.41) is 3.75. The van der Waals surface area contributed by atoms with Crippen LogP contribution in [0.5, 0.6) is 0 Å². The highest BCUT2D eigenvalue weighted by molar-refractivity contribution is 6.31. The number of amides is 1. The predicted octanol–water partition coefficient (Wildman–Crippen LogP) is 2.11. The average Bonchev–Trinajstić information content (AvgIpc) is 2.45. The molecule has 0 aromatic heterocycles. The molecule has 22 heavy (non-hydrogen) atoms. The Morgan fingerprint density at radius 1 is 1.50 bits per heavy atom. The van der Waals surface area contributed by atoms with Crippen molar-refractivity contribution in [2.45, 2.75) is 32.4 Å². The third-order valence-corrected chi connectivity index (χ3v) is 4.03. The van der Waals surface area contributed by atoms with Crippen molar-refractivity contribution >= 4 is 17.5 Å². The van der Waals surface area contributed by atoms with Gasteiger partial charge in [0.1, 0.15) is 0 Å². The molecule has 1 aliphatic rings. The lowest BCUT2D eigenvalue weighted by atomic mass is 10.00. The number of fused-ring (bicyclic) bond motifs is 1. The number of carbonyl (C=O) groups excluding carboxylic acids is 1. The van der Waals surface area contributed by atoms with E-state index in [0.29, 0.717) is 6.54 Å². The molecule has 0 aliphatic carbocycles. The summed E-state index contributed by atoms with van der Waals surface area (Å²) in [5.74, 6) is -0.0982. The van der Waals surface area contributed by atoms with Gasteiger partial charge >= 0.3 is 0 Å². The maximum absolute atomic E-state index is 11.7. The maximum atomic E-state index is 11.7. The molecule has 0 fully saturated rings. The lowest BCUT2D eigenvalue weighted by Gasteiger charge is -2.29. The van der Waals surface area contributed by atoms with E-state index in [0.717, 1.165) is 31.1 Å². The van der Waals surface area contributed by atoms with Crippen molar-refractivity contribution in [2.24, 2.45) is 5.73 Å². The standard InChI is InChI=1S/C17H24ClN3O/c1-17(2,19)8-6-16(22)20-9-11-21-10-7-14-13(12-21)4-3-5-15(14)18/h3-6,8H,7,9-12,19H2,1-2H3,(H,20,22)/b8-6+. The van der Waals surface area contributed by atoms with Gasteiger partial charge in [-0.2, -0.15) is 0 Å². The van der Waals surface area contributed by atoms with Gasteiger partial charge in [0, 0.05) is 42.8 Å². The summed E-state index contributed by atoms with van der Waals surface area (Å²) in [5.41, 5.74) is 7.88.